The summed E-state index contributed by atoms with van der Waals surface area (Å²) < 4.78 is 0. The van der Waals surface area contributed by atoms with Crippen LogP contribution in [0.25, 0.3) is 5.73 Å². The number of rotatable bonds is 4. The van der Waals surface area contributed by atoms with Gasteiger partial charge in [0, 0.05) is 38.6 Å². The van der Waals surface area contributed by atoms with E-state index in [1.165, 1.54) is 18.4 Å². The third-order valence-corrected chi connectivity index (χ3v) is 2.20. The number of ketones is 1. The standard InChI is InChI=1S/C9H12.C5H10NO.Y/c1-2-6-9-7-4-3-5-8-9;1-4(2)5(7)3-6;/h3-5,7-8H,2,6H2,1H3;4,6H,3H2,1-2H3;/q;-1;. The predicted molar refractivity (Wildman–Crippen MR) is 69.5 cm³/mol. The van der Waals surface area contributed by atoms with E-state index in [1.54, 1.807) is 13.8 Å². The molecule has 93 valence electrons. The Kier molecular flexibility index (Phi) is 14.1. The van der Waals surface area contributed by atoms with Crippen LogP contribution in [0.2, 0.25) is 0 Å². The van der Waals surface area contributed by atoms with Gasteiger partial charge in [-0.2, -0.15) is 0 Å². The SMILES string of the molecule is CC(C)C(=O)C[NH-].CCCc1ccccc1.[Y]. The molecule has 1 aromatic carbocycles. The minimum Gasteiger partial charge on any atom is -0.671 e. The quantitative estimate of drug-likeness (QED) is 0.831. The minimum atomic E-state index is -0.0718. The summed E-state index contributed by atoms with van der Waals surface area (Å²) in [6, 6.07) is 10.6. The van der Waals surface area contributed by atoms with Crippen molar-refractivity contribution in [3.05, 3.63) is 41.6 Å². The Hall–Kier alpha value is -0.0461. The number of aryl methyl sites for hydroxylation is 1. The van der Waals surface area contributed by atoms with Gasteiger partial charge in [0.05, 0.1) is 0 Å². The van der Waals surface area contributed by atoms with Crippen LogP contribution < -0.4 is 0 Å². The van der Waals surface area contributed by atoms with Crippen LogP contribution in [0.5, 0.6) is 0 Å². The van der Waals surface area contributed by atoms with Crippen molar-refractivity contribution in [1.29, 1.82) is 0 Å². The van der Waals surface area contributed by atoms with Crippen molar-refractivity contribution in [2.45, 2.75) is 33.6 Å². The molecule has 0 amide bonds. The van der Waals surface area contributed by atoms with Crippen molar-refractivity contribution in [1.82, 2.24) is 0 Å². The van der Waals surface area contributed by atoms with Crippen molar-refractivity contribution >= 4 is 5.78 Å². The molecule has 0 saturated heterocycles. The molecule has 0 spiro atoms. The molecule has 2 nitrogen and oxygen atoms in total. The third-order valence-electron chi connectivity index (χ3n) is 2.20. The Morgan fingerprint density at radius 3 is 2.06 bits per heavy atom. The maximum atomic E-state index is 10.3. The first kappa shape index (κ1) is 19.3. The summed E-state index contributed by atoms with van der Waals surface area (Å²) in [6.45, 7) is 5.73. The van der Waals surface area contributed by atoms with E-state index in [1.807, 2.05) is 0 Å². The molecule has 0 bridgehead atoms. The zero-order valence-corrected chi connectivity index (χ0v) is 13.9. The van der Waals surface area contributed by atoms with E-state index in [9.17, 15) is 4.79 Å². The molecule has 0 heterocycles. The Labute approximate surface area is 130 Å². The maximum absolute atomic E-state index is 10.3. The van der Waals surface area contributed by atoms with Crippen LogP contribution in [0.4, 0.5) is 0 Å². The second kappa shape index (κ2) is 12.4. The van der Waals surface area contributed by atoms with Gasteiger partial charge in [-0.25, -0.2) is 0 Å². The van der Waals surface area contributed by atoms with Gasteiger partial charge >= 0.3 is 0 Å². The normalized spacial score (nSPS) is 9.00. The van der Waals surface area contributed by atoms with Gasteiger partial charge in [-0.15, -0.1) is 0 Å². The number of carbonyl (C=O) groups excluding carboxylic acids is 1. The topological polar surface area (TPSA) is 40.9 Å². The van der Waals surface area contributed by atoms with Crippen molar-refractivity contribution in [2.75, 3.05) is 6.54 Å². The summed E-state index contributed by atoms with van der Waals surface area (Å²) in [4.78, 5) is 10.3. The molecule has 1 N–H and O–H groups in total. The molecular weight excluding hydrogens is 287 g/mol. The van der Waals surface area contributed by atoms with Crippen molar-refractivity contribution < 1.29 is 37.5 Å². The number of nitrogens with one attached hydrogen (secondary N) is 1. The third kappa shape index (κ3) is 10.8. The smallest absolute Gasteiger partial charge is 0.114 e. The number of carbonyl (C=O) groups is 1. The first-order chi connectivity index (χ1) is 7.61. The summed E-state index contributed by atoms with van der Waals surface area (Å²) in [5.41, 5.74) is 8.03. The first-order valence-electron chi connectivity index (χ1n) is 5.83. The summed E-state index contributed by atoms with van der Waals surface area (Å²) in [5.74, 6) is 0.0532. The number of hydrogen-bond acceptors (Lipinski definition) is 1. The molecule has 0 fully saturated rings. The van der Waals surface area contributed by atoms with Gasteiger partial charge in [-0.05, 0) is 12.0 Å². The molecule has 0 saturated carbocycles. The van der Waals surface area contributed by atoms with E-state index in [0.717, 1.165) is 0 Å². The van der Waals surface area contributed by atoms with Crippen molar-refractivity contribution in [3.8, 4) is 0 Å². The Morgan fingerprint density at radius 2 is 1.76 bits per heavy atom. The van der Waals surface area contributed by atoms with Crippen molar-refractivity contribution in [2.24, 2.45) is 5.92 Å². The molecule has 0 atom stereocenters. The average molecular weight is 309 g/mol. The monoisotopic (exact) mass is 309 g/mol. The van der Waals surface area contributed by atoms with Crippen molar-refractivity contribution in [3.63, 3.8) is 0 Å². The van der Waals surface area contributed by atoms with Gasteiger partial charge in [0.25, 0.3) is 0 Å². The molecule has 0 unspecified atom stereocenters. The fourth-order valence-corrected chi connectivity index (χ4v) is 1.14. The van der Waals surface area contributed by atoms with Gasteiger partial charge in [0.15, 0.2) is 0 Å². The van der Waals surface area contributed by atoms with Gasteiger partial charge in [-0.1, -0.05) is 64.1 Å². The van der Waals surface area contributed by atoms with Crippen LogP contribution in [0.1, 0.15) is 32.8 Å². The minimum absolute atomic E-state index is 0. The largest absolute Gasteiger partial charge is 0.671 e. The fraction of sp³-hybridized carbons (Fsp3) is 0.500. The van der Waals surface area contributed by atoms with Gasteiger partial charge in [0.1, 0.15) is 5.78 Å². The Bertz CT molecular complexity index is 286. The molecule has 0 aliphatic carbocycles. The second-order valence-electron chi connectivity index (χ2n) is 4.03. The molecule has 1 aromatic rings. The molecule has 1 radical (unpaired) electrons. The Balaban J connectivity index is 0. The predicted octanol–water partition coefficient (Wildman–Crippen LogP) is 3.90. The molecule has 0 aromatic heterocycles. The zero-order valence-electron chi connectivity index (χ0n) is 11.1. The fourth-order valence-electron chi connectivity index (χ4n) is 1.14. The zero-order chi connectivity index (χ0) is 12.4. The van der Waals surface area contributed by atoms with E-state index in [0.29, 0.717) is 0 Å². The molecule has 17 heavy (non-hydrogen) atoms. The maximum Gasteiger partial charge on any atom is 0.114 e. The van der Waals surface area contributed by atoms with E-state index < -0.39 is 0 Å². The van der Waals surface area contributed by atoms with E-state index in [2.05, 4.69) is 37.3 Å². The summed E-state index contributed by atoms with van der Waals surface area (Å²) in [5, 5.41) is 0. The van der Waals surface area contributed by atoms with Crippen LogP contribution >= 0.6 is 0 Å². The van der Waals surface area contributed by atoms with Crippen LogP contribution in [-0.2, 0) is 43.9 Å². The second-order valence-corrected chi connectivity index (χ2v) is 4.03. The van der Waals surface area contributed by atoms with E-state index in [4.69, 9.17) is 5.73 Å². The van der Waals surface area contributed by atoms with Gasteiger partial charge in [0.2, 0.25) is 0 Å². The van der Waals surface area contributed by atoms with E-state index in [-0.39, 0.29) is 51.0 Å². The molecule has 1 rings (SSSR count). The van der Waals surface area contributed by atoms with Crippen LogP contribution in [0.3, 0.4) is 0 Å². The summed E-state index contributed by atoms with van der Waals surface area (Å²) >= 11 is 0. The van der Waals surface area contributed by atoms with Gasteiger partial charge < -0.3 is 10.5 Å². The average Bonchev–Trinajstić information content (AvgIpc) is 2.30. The van der Waals surface area contributed by atoms with Crippen LogP contribution in [0.15, 0.2) is 30.3 Å². The van der Waals surface area contributed by atoms with Crippen LogP contribution in [0, 0.1) is 5.92 Å². The number of Topliss-reactive ketones (excluding diaryl/α,β-unsaturated/α-hetero) is 1. The van der Waals surface area contributed by atoms with Gasteiger partial charge in [-0.3, -0.25) is 0 Å². The number of benzene rings is 1. The molecule has 0 aliphatic rings. The van der Waals surface area contributed by atoms with Crippen LogP contribution in [-0.4, -0.2) is 12.3 Å². The summed E-state index contributed by atoms with van der Waals surface area (Å²) in [7, 11) is 0. The number of hydrogen-bond donors (Lipinski definition) is 0. The molecular formula is C14H22NOY-. The van der Waals surface area contributed by atoms with E-state index >= 15 is 0 Å². The molecule has 0 aliphatic heterocycles. The summed E-state index contributed by atoms with van der Waals surface area (Å²) in [6.07, 6.45) is 2.45. The Morgan fingerprint density at radius 1 is 1.24 bits per heavy atom. The molecule has 3 heteroatoms. The first-order valence-corrected chi connectivity index (χ1v) is 5.83.